The Morgan fingerprint density at radius 1 is 0.775 bits per heavy atom. The van der Waals surface area contributed by atoms with Gasteiger partial charge >= 0.3 is 12.4 Å². The van der Waals surface area contributed by atoms with Crippen molar-refractivity contribution in [1.82, 2.24) is 14.7 Å². The number of rotatable bonds is 4. The summed E-state index contributed by atoms with van der Waals surface area (Å²) >= 11 is 6.23. The molecule has 1 saturated heterocycles. The van der Waals surface area contributed by atoms with Gasteiger partial charge in [-0.05, 0) is 48.5 Å². The molecule has 0 radical (unpaired) electrons. The highest BCUT2D eigenvalue weighted by Gasteiger charge is 2.36. The van der Waals surface area contributed by atoms with E-state index in [4.69, 9.17) is 11.6 Å². The van der Waals surface area contributed by atoms with Crippen LogP contribution in [0.5, 0.6) is 0 Å². The maximum atomic E-state index is 13.5. The highest BCUT2D eigenvalue weighted by Crippen LogP contribution is 2.35. The lowest BCUT2D eigenvalue weighted by Gasteiger charge is -2.36. The van der Waals surface area contributed by atoms with E-state index in [1.54, 1.807) is 40.1 Å². The maximum Gasteiger partial charge on any atom is 0.435 e. The van der Waals surface area contributed by atoms with Gasteiger partial charge in [0.25, 0.3) is 5.91 Å². The molecule has 12 heteroatoms. The predicted molar refractivity (Wildman–Crippen MR) is 139 cm³/mol. The average Bonchev–Trinajstić information content (AvgIpc) is 3.39. The Hall–Kier alpha value is -3.99. The van der Waals surface area contributed by atoms with Crippen LogP contribution < -0.4 is 4.90 Å². The molecular weight excluding hydrogens is 558 g/mol. The van der Waals surface area contributed by atoms with E-state index in [0.29, 0.717) is 43.0 Å². The van der Waals surface area contributed by atoms with Crippen molar-refractivity contribution in [3.05, 3.63) is 101 Å². The number of anilines is 1. The molecule has 0 unspecified atom stereocenters. The molecule has 5 rings (SSSR count). The fourth-order valence-corrected chi connectivity index (χ4v) is 4.76. The van der Waals surface area contributed by atoms with E-state index in [1.807, 2.05) is 0 Å². The molecule has 0 spiro atoms. The van der Waals surface area contributed by atoms with Crippen LogP contribution in [0, 0.1) is 0 Å². The smallest absolute Gasteiger partial charge is 0.368 e. The summed E-state index contributed by atoms with van der Waals surface area (Å²) in [6.45, 7) is 1.29. The number of alkyl halides is 6. The molecule has 1 fully saturated rings. The Bertz CT molecular complexity index is 1520. The van der Waals surface area contributed by atoms with E-state index in [1.165, 1.54) is 30.3 Å². The third kappa shape index (κ3) is 5.65. The second-order valence-corrected chi connectivity index (χ2v) is 9.59. The monoisotopic (exact) mass is 578 g/mol. The molecule has 2 heterocycles. The van der Waals surface area contributed by atoms with Crippen LogP contribution in [-0.2, 0) is 12.4 Å². The van der Waals surface area contributed by atoms with Gasteiger partial charge in [0.05, 0.1) is 22.0 Å². The number of benzene rings is 3. The zero-order valence-corrected chi connectivity index (χ0v) is 21.4. The number of carbonyl (C=O) groups is 1. The molecule has 208 valence electrons. The van der Waals surface area contributed by atoms with Crippen molar-refractivity contribution >= 4 is 23.2 Å². The first kappa shape index (κ1) is 27.6. The molecule has 0 atom stereocenters. The van der Waals surface area contributed by atoms with Crippen molar-refractivity contribution in [1.29, 1.82) is 0 Å². The first-order valence-corrected chi connectivity index (χ1v) is 12.5. The summed E-state index contributed by atoms with van der Waals surface area (Å²) in [6, 6.07) is 18.5. The number of carbonyl (C=O) groups excluding carboxylic acids is 1. The molecule has 1 aromatic heterocycles. The molecule has 40 heavy (non-hydrogen) atoms. The lowest BCUT2D eigenvalue weighted by atomic mass is 10.1. The van der Waals surface area contributed by atoms with Gasteiger partial charge in [-0.25, -0.2) is 4.68 Å². The van der Waals surface area contributed by atoms with Crippen molar-refractivity contribution in [3.8, 4) is 16.9 Å². The van der Waals surface area contributed by atoms with Gasteiger partial charge in [-0.1, -0.05) is 41.9 Å². The van der Waals surface area contributed by atoms with Crippen LogP contribution in [-0.4, -0.2) is 46.8 Å². The van der Waals surface area contributed by atoms with Gasteiger partial charge in [-0.2, -0.15) is 31.4 Å². The van der Waals surface area contributed by atoms with Gasteiger partial charge in [-0.15, -0.1) is 0 Å². The van der Waals surface area contributed by atoms with Crippen LogP contribution in [0.15, 0.2) is 78.9 Å². The molecule has 4 aromatic rings. The summed E-state index contributed by atoms with van der Waals surface area (Å²) in [6.07, 6.45) is -9.12. The molecule has 0 aliphatic carbocycles. The highest BCUT2D eigenvalue weighted by molar-refractivity contribution is 6.32. The zero-order valence-electron chi connectivity index (χ0n) is 20.7. The Morgan fingerprint density at radius 2 is 1.45 bits per heavy atom. The second-order valence-electron chi connectivity index (χ2n) is 9.18. The van der Waals surface area contributed by atoms with E-state index >= 15 is 0 Å². The Labute approximate surface area is 230 Å². The van der Waals surface area contributed by atoms with Crippen LogP contribution in [0.3, 0.4) is 0 Å². The third-order valence-corrected chi connectivity index (χ3v) is 6.93. The lowest BCUT2D eigenvalue weighted by Crippen LogP contribution is -2.48. The maximum absolute atomic E-state index is 13.5. The van der Waals surface area contributed by atoms with Gasteiger partial charge in [0.1, 0.15) is 0 Å². The van der Waals surface area contributed by atoms with Crippen molar-refractivity contribution < 1.29 is 31.1 Å². The number of hydrogen-bond acceptors (Lipinski definition) is 3. The Kier molecular flexibility index (Phi) is 7.26. The summed E-state index contributed by atoms with van der Waals surface area (Å²) in [5, 5.41) is 3.95. The molecule has 3 aromatic carbocycles. The minimum atomic E-state index is -4.67. The topological polar surface area (TPSA) is 41.4 Å². The second kappa shape index (κ2) is 10.5. The molecular formula is C28H21ClF6N4O. The van der Waals surface area contributed by atoms with E-state index in [-0.39, 0.29) is 22.3 Å². The van der Waals surface area contributed by atoms with Gasteiger partial charge in [0.15, 0.2) is 5.69 Å². The fourth-order valence-electron chi connectivity index (χ4n) is 4.55. The van der Waals surface area contributed by atoms with E-state index in [0.717, 1.165) is 22.9 Å². The van der Waals surface area contributed by atoms with Crippen molar-refractivity contribution in [2.75, 3.05) is 31.1 Å². The van der Waals surface area contributed by atoms with Crippen LogP contribution in [0.4, 0.5) is 32.0 Å². The van der Waals surface area contributed by atoms with Crippen molar-refractivity contribution in [2.24, 2.45) is 0 Å². The van der Waals surface area contributed by atoms with Crippen LogP contribution in [0.25, 0.3) is 16.9 Å². The first-order valence-electron chi connectivity index (χ1n) is 12.2. The Morgan fingerprint density at radius 3 is 2.08 bits per heavy atom. The molecule has 0 saturated carbocycles. The number of piperazine rings is 1. The quantitative estimate of drug-likeness (QED) is 0.241. The molecule has 5 nitrogen and oxygen atoms in total. The summed E-state index contributed by atoms with van der Waals surface area (Å²) in [7, 11) is 0. The average molecular weight is 579 g/mol. The molecule has 1 aliphatic rings. The van der Waals surface area contributed by atoms with Crippen LogP contribution >= 0.6 is 11.6 Å². The summed E-state index contributed by atoms with van der Waals surface area (Å²) in [5.74, 6) is -0.286. The summed E-state index contributed by atoms with van der Waals surface area (Å²) < 4.78 is 80.8. The first-order chi connectivity index (χ1) is 18.9. The number of aromatic nitrogens is 2. The number of para-hydroxylation sites is 1. The SMILES string of the molecule is O=C(c1ccc(-c2cc(C(F)(F)F)nn2-c2ccccc2Cl)cc1)N1CCN(c2cccc(C(F)(F)F)c2)CC1. The third-order valence-electron chi connectivity index (χ3n) is 6.61. The van der Waals surface area contributed by atoms with Crippen LogP contribution in [0.2, 0.25) is 5.02 Å². The predicted octanol–water partition coefficient (Wildman–Crippen LogP) is 7.19. The lowest BCUT2D eigenvalue weighted by molar-refractivity contribution is -0.141. The zero-order chi connectivity index (χ0) is 28.7. The van der Waals surface area contributed by atoms with E-state index < -0.39 is 23.6 Å². The molecule has 0 bridgehead atoms. The summed E-state index contributed by atoms with van der Waals surface area (Å²) in [5.41, 5.74) is -0.241. The minimum Gasteiger partial charge on any atom is -0.368 e. The van der Waals surface area contributed by atoms with Gasteiger partial charge in [0.2, 0.25) is 0 Å². The number of halogens is 7. The standard InChI is InChI=1S/C28H21ClF6N4O/c29-22-6-1-2-7-23(22)39-24(17-25(36-39)28(33,34)35)18-8-10-19(11-9-18)26(40)38-14-12-37(13-15-38)21-5-3-4-20(16-21)27(30,31)32/h1-11,16-17H,12-15H2. The molecule has 0 N–H and O–H groups in total. The minimum absolute atomic E-state index is 0.147. The van der Waals surface area contributed by atoms with Gasteiger partial charge in [-0.3, -0.25) is 4.79 Å². The fraction of sp³-hybridized carbons (Fsp3) is 0.214. The largest absolute Gasteiger partial charge is 0.435 e. The van der Waals surface area contributed by atoms with E-state index in [9.17, 15) is 31.1 Å². The van der Waals surface area contributed by atoms with Gasteiger partial charge < -0.3 is 9.80 Å². The Balaban J connectivity index is 1.33. The van der Waals surface area contributed by atoms with Crippen molar-refractivity contribution in [2.45, 2.75) is 12.4 Å². The molecule has 1 aliphatic heterocycles. The number of nitrogens with zero attached hydrogens (tertiary/aromatic N) is 4. The number of amides is 1. The normalized spacial score (nSPS) is 14.5. The van der Waals surface area contributed by atoms with Gasteiger partial charge in [0, 0.05) is 43.0 Å². The van der Waals surface area contributed by atoms with Crippen LogP contribution in [0.1, 0.15) is 21.6 Å². The number of hydrogen-bond donors (Lipinski definition) is 0. The highest BCUT2D eigenvalue weighted by atomic mass is 35.5. The van der Waals surface area contributed by atoms with E-state index in [2.05, 4.69) is 5.10 Å². The summed E-state index contributed by atoms with van der Waals surface area (Å²) in [4.78, 5) is 16.5. The van der Waals surface area contributed by atoms with Crippen molar-refractivity contribution in [3.63, 3.8) is 0 Å². The molecule has 1 amide bonds.